The van der Waals surface area contributed by atoms with E-state index in [1.54, 1.807) is 11.4 Å². The van der Waals surface area contributed by atoms with Gasteiger partial charge >= 0.3 is 0 Å². The second-order valence-corrected chi connectivity index (χ2v) is 7.22. The van der Waals surface area contributed by atoms with Crippen LogP contribution in [0.5, 0.6) is 0 Å². The topological polar surface area (TPSA) is 75.4 Å². The summed E-state index contributed by atoms with van der Waals surface area (Å²) in [6, 6.07) is 1.64. The van der Waals surface area contributed by atoms with E-state index >= 15 is 0 Å². The lowest BCUT2D eigenvalue weighted by Gasteiger charge is -2.19. The van der Waals surface area contributed by atoms with Gasteiger partial charge in [0.2, 0.25) is 10.0 Å². The van der Waals surface area contributed by atoms with Gasteiger partial charge in [-0.2, -0.15) is 0 Å². The number of nitrogens with one attached hydrogen (secondary N) is 1. The first-order chi connectivity index (χ1) is 9.03. The van der Waals surface area contributed by atoms with Gasteiger partial charge in [0, 0.05) is 19.6 Å². The van der Waals surface area contributed by atoms with Crippen molar-refractivity contribution in [3.63, 3.8) is 0 Å². The van der Waals surface area contributed by atoms with Crippen LogP contribution in [0.1, 0.15) is 25.8 Å². The van der Waals surface area contributed by atoms with Gasteiger partial charge in [0.25, 0.3) is 0 Å². The van der Waals surface area contributed by atoms with E-state index in [0.717, 1.165) is 31.6 Å². The number of nitrogens with zero attached hydrogens (tertiary/aromatic N) is 1. The maximum atomic E-state index is 12.0. The van der Waals surface area contributed by atoms with Crippen LogP contribution in [0.3, 0.4) is 0 Å². The number of sulfonamides is 1. The molecule has 1 heterocycles. The lowest BCUT2D eigenvalue weighted by molar-refractivity contribution is 0.293. The second-order valence-electron chi connectivity index (χ2n) is 4.31. The number of likely N-dealkylation sites (N-methyl/N-ethyl adjacent to an activating group) is 1. The molecule has 0 aliphatic rings. The number of nitrogens with two attached hydrogens (primary N) is 1. The molecule has 110 valence electrons. The highest BCUT2D eigenvalue weighted by atomic mass is 32.2. The first kappa shape index (κ1) is 16.6. The summed E-state index contributed by atoms with van der Waals surface area (Å²) in [7, 11) is -3.38. The summed E-state index contributed by atoms with van der Waals surface area (Å²) >= 11 is 1.21. The fraction of sp³-hybridized carbons (Fsp3) is 0.667. The Hall–Kier alpha value is -0.470. The van der Waals surface area contributed by atoms with Crippen LogP contribution in [-0.2, 0) is 16.6 Å². The van der Waals surface area contributed by atoms with Gasteiger partial charge in [-0.15, -0.1) is 11.3 Å². The Morgan fingerprint density at radius 1 is 1.37 bits per heavy atom. The fourth-order valence-corrected chi connectivity index (χ4v) is 4.04. The Labute approximate surface area is 119 Å². The summed E-state index contributed by atoms with van der Waals surface area (Å²) in [5, 5.41) is 1.78. The molecular formula is C12H23N3O2S2. The van der Waals surface area contributed by atoms with Gasteiger partial charge in [-0.1, -0.05) is 13.8 Å². The molecular weight excluding hydrogens is 282 g/mol. The van der Waals surface area contributed by atoms with Crippen LogP contribution in [-0.4, -0.2) is 39.5 Å². The van der Waals surface area contributed by atoms with Crippen LogP contribution in [0.15, 0.2) is 15.7 Å². The third-order valence-corrected chi connectivity index (χ3v) is 5.79. The average Bonchev–Trinajstić information content (AvgIpc) is 2.87. The predicted octanol–water partition coefficient (Wildman–Crippen LogP) is 1.22. The second kappa shape index (κ2) is 7.96. The molecule has 0 fully saturated rings. The molecule has 0 aliphatic heterocycles. The van der Waals surface area contributed by atoms with Crippen LogP contribution in [0, 0.1) is 0 Å². The van der Waals surface area contributed by atoms with Crippen molar-refractivity contribution in [3.05, 3.63) is 17.0 Å². The first-order valence-corrected chi connectivity index (χ1v) is 8.89. The summed E-state index contributed by atoms with van der Waals surface area (Å²) in [6.45, 7) is 7.67. The van der Waals surface area contributed by atoms with Crippen molar-refractivity contribution in [3.8, 4) is 0 Å². The van der Waals surface area contributed by atoms with Crippen molar-refractivity contribution in [1.29, 1.82) is 0 Å². The van der Waals surface area contributed by atoms with E-state index in [1.165, 1.54) is 11.3 Å². The Morgan fingerprint density at radius 3 is 2.63 bits per heavy atom. The molecule has 0 unspecified atom stereocenters. The van der Waals surface area contributed by atoms with E-state index in [2.05, 4.69) is 23.5 Å². The largest absolute Gasteiger partial charge is 0.326 e. The minimum atomic E-state index is -3.38. The third kappa shape index (κ3) is 5.19. The third-order valence-electron chi connectivity index (χ3n) is 2.84. The molecule has 0 radical (unpaired) electrons. The van der Waals surface area contributed by atoms with E-state index in [1.807, 2.05) is 0 Å². The molecule has 0 bridgehead atoms. The van der Waals surface area contributed by atoms with Gasteiger partial charge in [-0.05, 0) is 36.5 Å². The summed E-state index contributed by atoms with van der Waals surface area (Å²) in [5.74, 6) is 0. The summed E-state index contributed by atoms with van der Waals surface area (Å²) in [6.07, 6.45) is 1.07. The lowest BCUT2D eigenvalue weighted by Crippen LogP contribution is -2.35. The zero-order chi connectivity index (χ0) is 14.3. The van der Waals surface area contributed by atoms with Crippen LogP contribution in [0.2, 0.25) is 0 Å². The smallest absolute Gasteiger partial charge is 0.250 e. The quantitative estimate of drug-likeness (QED) is 0.719. The molecule has 1 aromatic rings. The summed E-state index contributed by atoms with van der Waals surface area (Å²) in [4.78, 5) is 2.22. The Morgan fingerprint density at radius 2 is 2.11 bits per heavy atom. The average molecular weight is 305 g/mol. The van der Waals surface area contributed by atoms with Crippen molar-refractivity contribution >= 4 is 21.4 Å². The molecule has 7 heteroatoms. The van der Waals surface area contributed by atoms with Crippen molar-refractivity contribution in [2.24, 2.45) is 5.73 Å². The number of rotatable bonds is 9. The van der Waals surface area contributed by atoms with Crippen molar-refractivity contribution < 1.29 is 8.42 Å². The highest BCUT2D eigenvalue weighted by Gasteiger charge is 2.16. The monoisotopic (exact) mass is 305 g/mol. The SMILES string of the molecule is CCCN(CC)CCNS(=O)(=O)c1cc(CN)cs1. The predicted molar refractivity (Wildman–Crippen MR) is 79.8 cm³/mol. The van der Waals surface area contributed by atoms with Crippen molar-refractivity contribution in [2.75, 3.05) is 26.2 Å². The van der Waals surface area contributed by atoms with E-state index in [4.69, 9.17) is 5.73 Å². The highest BCUT2D eigenvalue weighted by molar-refractivity contribution is 7.91. The minimum absolute atomic E-state index is 0.339. The lowest BCUT2D eigenvalue weighted by atomic mass is 10.4. The minimum Gasteiger partial charge on any atom is -0.326 e. The zero-order valence-corrected chi connectivity index (χ0v) is 13.2. The fourth-order valence-electron chi connectivity index (χ4n) is 1.75. The van der Waals surface area contributed by atoms with Gasteiger partial charge < -0.3 is 10.6 Å². The first-order valence-electron chi connectivity index (χ1n) is 6.53. The molecule has 0 aromatic carbocycles. The maximum absolute atomic E-state index is 12.0. The normalized spacial score (nSPS) is 12.2. The van der Waals surface area contributed by atoms with Crippen LogP contribution < -0.4 is 10.5 Å². The van der Waals surface area contributed by atoms with E-state index in [9.17, 15) is 8.42 Å². The number of hydrogen-bond acceptors (Lipinski definition) is 5. The van der Waals surface area contributed by atoms with Gasteiger partial charge in [-0.25, -0.2) is 13.1 Å². The molecule has 3 N–H and O–H groups in total. The molecule has 0 saturated carbocycles. The van der Waals surface area contributed by atoms with Crippen molar-refractivity contribution in [2.45, 2.75) is 31.0 Å². The standard InChI is InChI=1S/C12H23N3O2S2/c1-3-6-15(4-2)7-5-14-19(16,17)12-8-11(9-13)10-18-12/h8,10,14H,3-7,9,13H2,1-2H3. The van der Waals surface area contributed by atoms with Gasteiger partial charge in [-0.3, -0.25) is 0 Å². The van der Waals surface area contributed by atoms with E-state index in [0.29, 0.717) is 17.3 Å². The van der Waals surface area contributed by atoms with E-state index in [-0.39, 0.29) is 0 Å². The zero-order valence-electron chi connectivity index (χ0n) is 11.6. The molecule has 5 nitrogen and oxygen atoms in total. The van der Waals surface area contributed by atoms with Crippen LogP contribution in [0.25, 0.3) is 0 Å². The molecule has 0 spiro atoms. The van der Waals surface area contributed by atoms with Crippen molar-refractivity contribution in [1.82, 2.24) is 9.62 Å². The molecule has 0 aliphatic carbocycles. The van der Waals surface area contributed by atoms with E-state index < -0.39 is 10.0 Å². The molecule has 0 atom stereocenters. The van der Waals surface area contributed by atoms with Crippen LogP contribution in [0.4, 0.5) is 0 Å². The van der Waals surface area contributed by atoms with Gasteiger partial charge in [0.15, 0.2) is 0 Å². The van der Waals surface area contributed by atoms with Gasteiger partial charge in [0.1, 0.15) is 4.21 Å². The Bertz CT molecular complexity index is 471. The maximum Gasteiger partial charge on any atom is 0.250 e. The highest BCUT2D eigenvalue weighted by Crippen LogP contribution is 2.19. The Kier molecular flexibility index (Phi) is 6.95. The molecule has 0 amide bonds. The Balaban J connectivity index is 2.51. The van der Waals surface area contributed by atoms with Crippen LogP contribution >= 0.6 is 11.3 Å². The number of thiophene rings is 1. The summed E-state index contributed by atoms with van der Waals surface area (Å²) in [5.41, 5.74) is 6.34. The molecule has 0 saturated heterocycles. The number of hydrogen-bond donors (Lipinski definition) is 2. The molecule has 19 heavy (non-hydrogen) atoms. The summed E-state index contributed by atoms with van der Waals surface area (Å²) < 4.78 is 27.0. The van der Waals surface area contributed by atoms with Gasteiger partial charge in [0.05, 0.1) is 0 Å². The molecule has 1 rings (SSSR count). The molecule has 1 aromatic heterocycles.